The molecule has 76 valence electrons. The topological polar surface area (TPSA) is 12.5 Å². The van der Waals surface area contributed by atoms with E-state index in [-0.39, 0.29) is 5.54 Å². The Morgan fingerprint density at radius 3 is 2.62 bits per heavy atom. The van der Waals surface area contributed by atoms with E-state index >= 15 is 0 Å². The van der Waals surface area contributed by atoms with Crippen molar-refractivity contribution in [2.45, 2.75) is 45.4 Å². The number of fused-ring (bicyclic) bond motifs is 1. The van der Waals surface area contributed by atoms with Crippen LogP contribution in [-0.4, -0.2) is 34.3 Å². The van der Waals surface area contributed by atoms with Crippen LogP contribution in [0.15, 0.2) is 0 Å². The van der Waals surface area contributed by atoms with Gasteiger partial charge in [0.2, 0.25) is 0 Å². The van der Waals surface area contributed by atoms with Gasteiger partial charge < -0.3 is 0 Å². The van der Waals surface area contributed by atoms with Crippen LogP contribution >= 0.6 is 11.8 Å². The second-order valence-corrected chi connectivity index (χ2v) is 6.15. The third-order valence-electron chi connectivity index (χ3n) is 2.94. The van der Waals surface area contributed by atoms with Gasteiger partial charge in [0.05, 0.1) is 12.1 Å². The number of hydrogen-bond donors (Lipinski definition) is 0. The first kappa shape index (κ1) is 9.81. The van der Waals surface area contributed by atoms with Crippen LogP contribution in [0.3, 0.4) is 0 Å². The van der Waals surface area contributed by atoms with Crippen molar-refractivity contribution < 1.29 is 4.84 Å². The van der Waals surface area contributed by atoms with E-state index < -0.39 is 0 Å². The standard InChI is InChI=1S/C10H19NOS/c1-7-8-5-13-6-9(8)11(12-7)10(2,3)4/h7-9H,5-6H2,1-4H3/t7-,8-,9-/m1/s1. The van der Waals surface area contributed by atoms with Crippen LogP contribution in [0.4, 0.5) is 0 Å². The summed E-state index contributed by atoms with van der Waals surface area (Å²) in [5.41, 5.74) is 0.151. The lowest BCUT2D eigenvalue weighted by molar-refractivity contribution is -0.205. The number of hydroxylamine groups is 2. The molecule has 0 spiro atoms. The highest BCUT2D eigenvalue weighted by Crippen LogP contribution is 2.41. The second kappa shape index (κ2) is 3.14. The van der Waals surface area contributed by atoms with Gasteiger partial charge in [-0.3, -0.25) is 4.84 Å². The summed E-state index contributed by atoms with van der Waals surface area (Å²) in [6.07, 6.45) is 0.416. The van der Waals surface area contributed by atoms with Crippen molar-refractivity contribution in [1.82, 2.24) is 5.06 Å². The van der Waals surface area contributed by atoms with Crippen molar-refractivity contribution in [3.8, 4) is 0 Å². The molecule has 0 aromatic rings. The van der Waals surface area contributed by atoms with E-state index in [1.807, 2.05) is 0 Å². The third-order valence-corrected chi connectivity index (χ3v) is 4.14. The fourth-order valence-electron chi connectivity index (χ4n) is 2.24. The maximum Gasteiger partial charge on any atom is 0.0817 e. The second-order valence-electron chi connectivity index (χ2n) is 5.08. The lowest BCUT2D eigenvalue weighted by Gasteiger charge is -2.34. The van der Waals surface area contributed by atoms with Gasteiger partial charge in [-0.05, 0) is 27.7 Å². The lowest BCUT2D eigenvalue weighted by Crippen LogP contribution is -2.45. The molecule has 0 radical (unpaired) electrons. The van der Waals surface area contributed by atoms with Gasteiger partial charge in [-0.1, -0.05) is 0 Å². The number of rotatable bonds is 0. The summed E-state index contributed by atoms with van der Waals surface area (Å²) in [4.78, 5) is 5.91. The molecule has 0 aromatic carbocycles. The van der Waals surface area contributed by atoms with Crippen LogP contribution in [0.2, 0.25) is 0 Å². The summed E-state index contributed by atoms with van der Waals surface area (Å²) in [5, 5.41) is 2.22. The van der Waals surface area contributed by atoms with Crippen LogP contribution < -0.4 is 0 Å². The average molecular weight is 201 g/mol. The van der Waals surface area contributed by atoms with Gasteiger partial charge in [0, 0.05) is 23.0 Å². The largest absolute Gasteiger partial charge is 0.295 e. The Morgan fingerprint density at radius 1 is 1.31 bits per heavy atom. The number of thioether (sulfide) groups is 1. The van der Waals surface area contributed by atoms with Crippen molar-refractivity contribution in [1.29, 1.82) is 0 Å². The molecule has 0 aromatic heterocycles. The van der Waals surface area contributed by atoms with Crippen LogP contribution in [-0.2, 0) is 4.84 Å². The molecule has 2 heterocycles. The zero-order chi connectivity index (χ0) is 9.64. The maximum absolute atomic E-state index is 5.91. The highest BCUT2D eigenvalue weighted by atomic mass is 32.2. The fraction of sp³-hybridized carbons (Fsp3) is 1.00. The Balaban J connectivity index is 2.15. The van der Waals surface area contributed by atoms with Gasteiger partial charge >= 0.3 is 0 Å². The van der Waals surface area contributed by atoms with Crippen molar-refractivity contribution in [3.63, 3.8) is 0 Å². The van der Waals surface area contributed by atoms with Crippen LogP contribution in [0, 0.1) is 5.92 Å². The Bertz CT molecular complexity index is 202. The molecule has 0 amide bonds. The van der Waals surface area contributed by atoms with E-state index in [1.54, 1.807) is 0 Å². The van der Waals surface area contributed by atoms with Gasteiger partial charge in [-0.2, -0.15) is 16.8 Å². The van der Waals surface area contributed by atoms with Gasteiger partial charge in [-0.15, -0.1) is 0 Å². The van der Waals surface area contributed by atoms with E-state index in [0.717, 1.165) is 5.92 Å². The summed E-state index contributed by atoms with van der Waals surface area (Å²) in [7, 11) is 0. The SMILES string of the molecule is C[C@H]1ON(C(C)(C)C)[C@@H]2CSC[C@@H]21. The zero-order valence-corrected chi connectivity index (χ0v) is 9.73. The molecular formula is C10H19NOS. The minimum atomic E-state index is 0.151. The Labute approximate surface area is 85.0 Å². The molecule has 2 aliphatic rings. The first-order chi connectivity index (χ1) is 6.00. The molecule has 2 aliphatic heterocycles. The molecule has 2 fully saturated rings. The van der Waals surface area contributed by atoms with Crippen LogP contribution in [0.1, 0.15) is 27.7 Å². The van der Waals surface area contributed by atoms with E-state index in [4.69, 9.17) is 4.84 Å². The minimum absolute atomic E-state index is 0.151. The monoisotopic (exact) mass is 201 g/mol. The minimum Gasteiger partial charge on any atom is -0.295 e. The van der Waals surface area contributed by atoms with Crippen molar-refractivity contribution >= 4 is 11.8 Å². The molecule has 0 unspecified atom stereocenters. The lowest BCUT2D eigenvalue weighted by atomic mass is 9.97. The average Bonchev–Trinajstić information content (AvgIpc) is 2.51. The smallest absolute Gasteiger partial charge is 0.0817 e. The van der Waals surface area contributed by atoms with Gasteiger partial charge in [0.1, 0.15) is 0 Å². The van der Waals surface area contributed by atoms with Crippen molar-refractivity contribution in [3.05, 3.63) is 0 Å². The normalized spacial score (nSPS) is 41.1. The quantitative estimate of drug-likeness (QED) is 0.596. The predicted octanol–water partition coefficient (Wildman–Crippen LogP) is 2.15. The molecule has 13 heavy (non-hydrogen) atoms. The zero-order valence-electron chi connectivity index (χ0n) is 8.91. The van der Waals surface area contributed by atoms with Crippen LogP contribution in [0.25, 0.3) is 0 Å². The summed E-state index contributed by atoms with van der Waals surface area (Å²) < 4.78 is 0. The molecule has 3 atom stereocenters. The Kier molecular flexibility index (Phi) is 2.37. The summed E-state index contributed by atoms with van der Waals surface area (Å²) in [5.74, 6) is 3.27. The summed E-state index contributed by atoms with van der Waals surface area (Å²) >= 11 is 2.07. The first-order valence-corrected chi connectivity index (χ1v) is 6.19. The summed E-state index contributed by atoms with van der Waals surface area (Å²) in [6.45, 7) is 8.89. The molecule has 2 rings (SSSR count). The molecule has 0 aliphatic carbocycles. The van der Waals surface area contributed by atoms with Crippen molar-refractivity contribution in [2.75, 3.05) is 11.5 Å². The molecule has 2 nitrogen and oxygen atoms in total. The summed E-state index contributed by atoms with van der Waals surface area (Å²) in [6, 6.07) is 0.653. The van der Waals surface area contributed by atoms with Gasteiger partial charge in [-0.25, -0.2) is 0 Å². The third kappa shape index (κ3) is 1.62. The Morgan fingerprint density at radius 2 is 2.00 bits per heavy atom. The molecule has 3 heteroatoms. The highest BCUT2D eigenvalue weighted by molar-refractivity contribution is 7.99. The molecule has 0 bridgehead atoms. The van der Waals surface area contributed by atoms with Crippen LogP contribution in [0.5, 0.6) is 0 Å². The van der Waals surface area contributed by atoms with Crippen molar-refractivity contribution in [2.24, 2.45) is 5.92 Å². The van der Waals surface area contributed by atoms with E-state index in [9.17, 15) is 0 Å². The van der Waals surface area contributed by atoms with E-state index in [2.05, 4.69) is 44.5 Å². The van der Waals surface area contributed by atoms with Gasteiger partial charge in [0.25, 0.3) is 0 Å². The number of nitrogens with zero attached hydrogens (tertiary/aromatic N) is 1. The first-order valence-electron chi connectivity index (χ1n) is 5.04. The molecule has 0 N–H and O–H groups in total. The fourth-order valence-corrected chi connectivity index (χ4v) is 3.77. The van der Waals surface area contributed by atoms with E-state index in [1.165, 1.54) is 11.5 Å². The predicted molar refractivity (Wildman–Crippen MR) is 56.7 cm³/mol. The highest BCUT2D eigenvalue weighted by Gasteiger charge is 2.47. The Hall–Kier alpha value is 0.270. The van der Waals surface area contributed by atoms with E-state index in [0.29, 0.717) is 12.1 Å². The van der Waals surface area contributed by atoms with Gasteiger partial charge in [0.15, 0.2) is 0 Å². The molecular weight excluding hydrogens is 182 g/mol. The molecule has 2 saturated heterocycles. The maximum atomic E-state index is 5.91. The number of hydrogen-bond acceptors (Lipinski definition) is 3. The molecule has 0 saturated carbocycles.